The van der Waals surface area contributed by atoms with Gasteiger partial charge in [-0.15, -0.1) is 0 Å². The zero-order chi connectivity index (χ0) is 10.7. The molecule has 2 unspecified atom stereocenters. The molecular weight excluding hydrogens is 194 g/mol. The van der Waals surface area contributed by atoms with Gasteiger partial charge < -0.3 is 10.1 Å². The third kappa shape index (κ3) is 2.36. The average molecular weight is 209 g/mol. The number of hydrogen-bond acceptors (Lipinski definition) is 3. The van der Waals surface area contributed by atoms with Crippen LogP contribution in [0.4, 0.5) is 4.79 Å². The van der Waals surface area contributed by atoms with E-state index in [4.69, 9.17) is 4.74 Å². The fourth-order valence-corrected chi connectivity index (χ4v) is 1.71. The molecule has 1 N–H and O–H groups in total. The lowest BCUT2D eigenvalue weighted by Gasteiger charge is -2.18. The highest BCUT2D eigenvalue weighted by molar-refractivity contribution is 5.76. The molecule has 2 rings (SSSR count). The number of amides is 1. The van der Waals surface area contributed by atoms with Gasteiger partial charge in [0, 0.05) is 31.0 Å². The Balaban J connectivity index is 1.88. The number of aromatic nitrogens is 2. The topological polar surface area (TPSA) is 56.2 Å². The van der Waals surface area contributed by atoms with Crippen molar-refractivity contribution < 1.29 is 9.53 Å². The summed E-state index contributed by atoms with van der Waals surface area (Å²) in [6, 6.07) is 0.00861. The number of ether oxygens (including phenoxy) is 1. The van der Waals surface area contributed by atoms with Crippen LogP contribution in [0.5, 0.6) is 0 Å². The van der Waals surface area contributed by atoms with Gasteiger partial charge in [-0.25, -0.2) is 9.78 Å². The molecule has 1 aromatic rings. The van der Waals surface area contributed by atoms with Gasteiger partial charge in [0.1, 0.15) is 6.33 Å². The SMILES string of the molecule is CC(NC(=O)n1ccnc1)C1CCOC1. The van der Waals surface area contributed by atoms with Crippen LogP contribution in [0, 0.1) is 5.92 Å². The fraction of sp³-hybridized carbons (Fsp3) is 0.600. The van der Waals surface area contributed by atoms with E-state index in [0.717, 1.165) is 19.6 Å². The maximum absolute atomic E-state index is 11.6. The Morgan fingerprint density at radius 2 is 2.60 bits per heavy atom. The van der Waals surface area contributed by atoms with Crippen molar-refractivity contribution in [2.45, 2.75) is 19.4 Å². The van der Waals surface area contributed by atoms with Gasteiger partial charge in [-0.05, 0) is 13.3 Å². The molecule has 0 saturated carbocycles. The summed E-state index contributed by atoms with van der Waals surface area (Å²) in [4.78, 5) is 15.5. The second-order valence-corrected chi connectivity index (χ2v) is 3.83. The Morgan fingerprint density at radius 3 is 3.20 bits per heavy atom. The Morgan fingerprint density at radius 1 is 1.73 bits per heavy atom. The lowest BCUT2D eigenvalue weighted by molar-refractivity contribution is 0.178. The summed E-state index contributed by atoms with van der Waals surface area (Å²) < 4.78 is 6.72. The van der Waals surface area contributed by atoms with Crippen LogP contribution in [0.2, 0.25) is 0 Å². The molecule has 0 spiro atoms. The van der Waals surface area contributed by atoms with Gasteiger partial charge in [0.05, 0.1) is 6.61 Å². The van der Waals surface area contributed by atoms with Gasteiger partial charge in [0.15, 0.2) is 0 Å². The highest BCUT2D eigenvalue weighted by Crippen LogP contribution is 2.16. The van der Waals surface area contributed by atoms with Crippen molar-refractivity contribution in [1.29, 1.82) is 0 Å². The minimum Gasteiger partial charge on any atom is -0.381 e. The summed E-state index contributed by atoms with van der Waals surface area (Å²) in [5.41, 5.74) is 0. The van der Waals surface area contributed by atoms with Crippen LogP contribution < -0.4 is 5.32 Å². The number of nitrogens with one attached hydrogen (secondary N) is 1. The highest BCUT2D eigenvalue weighted by Gasteiger charge is 2.23. The number of carbonyl (C=O) groups is 1. The molecule has 0 aliphatic carbocycles. The Kier molecular flexibility index (Phi) is 3.01. The van der Waals surface area contributed by atoms with Crippen molar-refractivity contribution >= 4 is 6.03 Å². The summed E-state index contributed by atoms with van der Waals surface area (Å²) in [5.74, 6) is 0.428. The number of imidazole rings is 1. The molecule has 1 saturated heterocycles. The van der Waals surface area contributed by atoms with Crippen LogP contribution in [-0.4, -0.2) is 34.8 Å². The van der Waals surface area contributed by atoms with Gasteiger partial charge in [-0.3, -0.25) is 4.57 Å². The first kappa shape index (κ1) is 10.2. The first-order valence-corrected chi connectivity index (χ1v) is 5.14. The summed E-state index contributed by atoms with van der Waals surface area (Å²) >= 11 is 0. The van der Waals surface area contributed by atoms with E-state index >= 15 is 0 Å². The summed E-state index contributed by atoms with van der Waals surface area (Å²) in [6.45, 7) is 3.55. The monoisotopic (exact) mass is 209 g/mol. The maximum atomic E-state index is 11.6. The molecule has 5 nitrogen and oxygen atoms in total. The highest BCUT2D eigenvalue weighted by atomic mass is 16.5. The van der Waals surface area contributed by atoms with E-state index in [2.05, 4.69) is 10.3 Å². The molecule has 1 amide bonds. The van der Waals surface area contributed by atoms with Crippen molar-refractivity contribution in [3.05, 3.63) is 18.7 Å². The summed E-state index contributed by atoms with van der Waals surface area (Å²) in [7, 11) is 0. The molecule has 2 atom stereocenters. The van der Waals surface area contributed by atoms with E-state index in [9.17, 15) is 4.79 Å². The molecular formula is C10H15N3O2. The first-order valence-electron chi connectivity index (χ1n) is 5.14. The second-order valence-electron chi connectivity index (χ2n) is 3.83. The molecule has 82 valence electrons. The summed E-state index contributed by atoms with van der Waals surface area (Å²) in [6.07, 6.45) is 5.73. The minimum absolute atomic E-state index is 0.132. The van der Waals surface area contributed by atoms with Crippen molar-refractivity contribution in [2.75, 3.05) is 13.2 Å². The molecule has 1 aliphatic heterocycles. The largest absolute Gasteiger partial charge is 0.381 e. The van der Waals surface area contributed by atoms with Crippen molar-refractivity contribution in [3.63, 3.8) is 0 Å². The van der Waals surface area contributed by atoms with Crippen LogP contribution in [-0.2, 0) is 4.74 Å². The Bertz CT molecular complexity index is 317. The van der Waals surface area contributed by atoms with E-state index in [0.29, 0.717) is 5.92 Å². The smallest absolute Gasteiger partial charge is 0.327 e. The molecule has 1 aliphatic rings. The number of carbonyl (C=O) groups excluding carboxylic acids is 1. The van der Waals surface area contributed by atoms with E-state index in [-0.39, 0.29) is 12.1 Å². The second kappa shape index (κ2) is 4.44. The zero-order valence-electron chi connectivity index (χ0n) is 8.72. The standard InChI is InChI=1S/C10H15N3O2/c1-8(9-2-5-15-6-9)12-10(14)13-4-3-11-7-13/h3-4,7-9H,2,5-6H2,1H3,(H,12,14). The third-order valence-electron chi connectivity index (χ3n) is 2.76. The molecule has 15 heavy (non-hydrogen) atoms. The van der Waals surface area contributed by atoms with Crippen molar-refractivity contribution in [1.82, 2.24) is 14.9 Å². The lowest BCUT2D eigenvalue weighted by atomic mass is 10.0. The quantitative estimate of drug-likeness (QED) is 0.786. The summed E-state index contributed by atoms with van der Waals surface area (Å²) in [5, 5.41) is 2.93. The Hall–Kier alpha value is -1.36. The van der Waals surface area contributed by atoms with E-state index in [1.54, 1.807) is 12.4 Å². The predicted molar refractivity (Wildman–Crippen MR) is 54.5 cm³/mol. The zero-order valence-corrected chi connectivity index (χ0v) is 8.72. The lowest BCUT2D eigenvalue weighted by Crippen LogP contribution is -2.40. The van der Waals surface area contributed by atoms with Gasteiger partial charge in [-0.2, -0.15) is 0 Å². The van der Waals surface area contributed by atoms with Crippen LogP contribution in [0.3, 0.4) is 0 Å². The van der Waals surface area contributed by atoms with Crippen molar-refractivity contribution in [3.8, 4) is 0 Å². The fourth-order valence-electron chi connectivity index (χ4n) is 1.71. The van der Waals surface area contributed by atoms with E-state index in [1.165, 1.54) is 10.9 Å². The molecule has 0 radical (unpaired) electrons. The maximum Gasteiger partial charge on any atom is 0.327 e. The van der Waals surface area contributed by atoms with Gasteiger partial charge in [0.2, 0.25) is 0 Å². The molecule has 1 aromatic heterocycles. The molecule has 1 fully saturated rings. The normalized spacial score (nSPS) is 22.6. The first-order chi connectivity index (χ1) is 7.27. The van der Waals surface area contributed by atoms with Crippen LogP contribution in [0.25, 0.3) is 0 Å². The third-order valence-corrected chi connectivity index (χ3v) is 2.76. The van der Waals surface area contributed by atoms with Gasteiger partial charge in [-0.1, -0.05) is 0 Å². The number of rotatable bonds is 2. The average Bonchev–Trinajstić information content (AvgIpc) is 2.91. The van der Waals surface area contributed by atoms with Crippen molar-refractivity contribution in [2.24, 2.45) is 5.92 Å². The number of hydrogen-bond donors (Lipinski definition) is 1. The van der Waals surface area contributed by atoms with Crippen LogP contribution in [0.1, 0.15) is 13.3 Å². The van der Waals surface area contributed by atoms with Crippen LogP contribution >= 0.6 is 0 Å². The van der Waals surface area contributed by atoms with Gasteiger partial charge >= 0.3 is 6.03 Å². The van der Waals surface area contributed by atoms with Crippen LogP contribution in [0.15, 0.2) is 18.7 Å². The number of nitrogens with zero attached hydrogens (tertiary/aromatic N) is 2. The molecule has 0 bridgehead atoms. The molecule has 0 aromatic carbocycles. The predicted octanol–water partition coefficient (Wildman–Crippen LogP) is 0.866. The van der Waals surface area contributed by atoms with E-state index in [1.807, 2.05) is 6.92 Å². The van der Waals surface area contributed by atoms with E-state index < -0.39 is 0 Å². The molecule has 5 heteroatoms. The Labute approximate surface area is 88.4 Å². The van der Waals surface area contributed by atoms with Gasteiger partial charge in [0.25, 0.3) is 0 Å². The minimum atomic E-state index is -0.132. The molecule has 2 heterocycles.